The van der Waals surface area contributed by atoms with E-state index < -0.39 is 6.10 Å². The number of benzene rings is 1. The minimum atomic E-state index is -0.769. The maximum absolute atomic E-state index is 12.4. The number of anilines is 1. The first-order valence-corrected chi connectivity index (χ1v) is 8.20. The Kier molecular flexibility index (Phi) is 4.19. The van der Waals surface area contributed by atoms with Gasteiger partial charge in [-0.25, -0.2) is 15.0 Å². The lowest BCUT2D eigenvalue weighted by Gasteiger charge is -2.19. The molecule has 0 fully saturated rings. The first-order valence-electron chi connectivity index (χ1n) is 8.20. The molecule has 3 atom stereocenters. The van der Waals surface area contributed by atoms with Crippen LogP contribution in [0.5, 0.6) is 0 Å². The van der Waals surface area contributed by atoms with Crippen molar-refractivity contribution in [1.29, 1.82) is 0 Å². The van der Waals surface area contributed by atoms with Gasteiger partial charge in [-0.2, -0.15) is 0 Å². The van der Waals surface area contributed by atoms with Gasteiger partial charge in [-0.3, -0.25) is 4.79 Å². The molecular formula is C18H17N5O3. The third-order valence-electron chi connectivity index (χ3n) is 4.50. The monoisotopic (exact) mass is 351 g/mol. The zero-order valence-corrected chi connectivity index (χ0v) is 13.7. The summed E-state index contributed by atoms with van der Waals surface area (Å²) in [5.41, 5.74) is 1.44. The Morgan fingerprint density at radius 2 is 1.96 bits per heavy atom. The highest BCUT2D eigenvalue weighted by Crippen LogP contribution is 2.31. The molecule has 4 rings (SSSR count). The van der Waals surface area contributed by atoms with Gasteiger partial charge < -0.3 is 20.1 Å². The van der Waals surface area contributed by atoms with Crippen LogP contribution in [0, 0.1) is 5.92 Å². The maximum atomic E-state index is 12.4. The van der Waals surface area contributed by atoms with Crippen molar-refractivity contribution in [2.75, 3.05) is 11.9 Å². The van der Waals surface area contributed by atoms with Crippen LogP contribution in [0.2, 0.25) is 0 Å². The molecule has 2 heterocycles. The zero-order chi connectivity index (χ0) is 18.1. The third-order valence-corrected chi connectivity index (χ3v) is 4.50. The molecule has 0 aliphatic heterocycles. The van der Waals surface area contributed by atoms with Crippen LogP contribution in [0.1, 0.15) is 16.4 Å². The molecule has 8 nitrogen and oxygen atoms in total. The first kappa shape index (κ1) is 16.4. The quantitative estimate of drug-likeness (QED) is 0.608. The summed E-state index contributed by atoms with van der Waals surface area (Å²) in [6, 6.07) is 8.43. The number of fused-ring (bicyclic) bond motifs is 1. The molecule has 0 radical (unpaired) electrons. The number of hydrogen-bond acceptors (Lipinski definition) is 6. The smallest absolute Gasteiger partial charge is 0.256 e. The van der Waals surface area contributed by atoms with E-state index in [-0.39, 0.29) is 24.5 Å². The van der Waals surface area contributed by atoms with E-state index in [9.17, 15) is 15.0 Å². The van der Waals surface area contributed by atoms with Crippen molar-refractivity contribution in [3.8, 4) is 0 Å². The summed E-state index contributed by atoms with van der Waals surface area (Å²) in [7, 11) is 0. The van der Waals surface area contributed by atoms with Gasteiger partial charge in [0, 0.05) is 11.5 Å². The topological polar surface area (TPSA) is 113 Å². The van der Waals surface area contributed by atoms with Gasteiger partial charge in [-0.15, -0.1) is 0 Å². The predicted octanol–water partition coefficient (Wildman–Crippen LogP) is 1.16. The van der Waals surface area contributed by atoms with Crippen molar-refractivity contribution in [1.82, 2.24) is 19.5 Å². The molecule has 26 heavy (non-hydrogen) atoms. The third kappa shape index (κ3) is 2.75. The number of aliphatic hydroxyl groups is 2. The molecule has 132 valence electrons. The van der Waals surface area contributed by atoms with Crippen LogP contribution in [0.3, 0.4) is 0 Å². The van der Waals surface area contributed by atoms with E-state index in [4.69, 9.17) is 0 Å². The van der Waals surface area contributed by atoms with E-state index >= 15 is 0 Å². The molecule has 1 aromatic carbocycles. The van der Waals surface area contributed by atoms with E-state index in [1.807, 2.05) is 12.1 Å². The molecule has 0 saturated carbocycles. The van der Waals surface area contributed by atoms with E-state index in [0.717, 1.165) is 0 Å². The Hall–Kier alpha value is -3.10. The summed E-state index contributed by atoms with van der Waals surface area (Å²) in [5.74, 6) is -0.310. The SMILES string of the molecule is O=C(Nc1ncnc2c1ncn2[C@@H]1C=C[C@H](CO)[C@H]1O)c1ccccc1. The molecule has 0 bridgehead atoms. The highest BCUT2D eigenvalue weighted by atomic mass is 16.3. The van der Waals surface area contributed by atoms with E-state index in [2.05, 4.69) is 20.3 Å². The molecule has 1 amide bonds. The summed E-state index contributed by atoms with van der Waals surface area (Å²) in [5, 5.41) is 22.4. The van der Waals surface area contributed by atoms with Gasteiger partial charge in [0.2, 0.25) is 0 Å². The van der Waals surface area contributed by atoms with Crippen molar-refractivity contribution in [2.24, 2.45) is 5.92 Å². The van der Waals surface area contributed by atoms with E-state index in [0.29, 0.717) is 22.5 Å². The Balaban J connectivity index is 1.66. The lowest BCUT2D eigenvalue weighted by Crippen LogP contribution is -2.26. The second-order valence-electron chi connectivity index (χ2n) is 6.08. The Bertz CT molecular complexity index is 969. The fourth-order valence-corrected chi connectivity index (χ4v) is 3.09. The molecule has 0 spiro atoms. The standard InChI is InChI=1S/C18H17N5O3/c24-8-12-6-7-13(15(12)25)23-10-21-14-16(19-9-20-17(14)23)22-18(26)11-4-2-1-3-5-11/h1-7,9-10,12-13,15,24-25H,8H2,(H,19,20,22,26)/t12-,13-,15-/m1/s1. The Morgan fingerprint density at radius 3 is 2.69 bits per heavy atom. The zero-order valence-electron chi connectivity index (χ0n) is 13.7. The molecule has 0 unspecified atom stereocenters. The number of nitrogens with zero attached hydrogens (tertiary/aromatic N) is 4. The number of aliphatic hydroxyl groups excluding tert-OH is 2. The number of aromatic nitrogens is 4. The van der Waals surface area contributed by atoms with E-state index in [1.165, 1.54) is 6.33 Å². The number of carbonyl (C=O) groups excluding carboxylic acids is 1. The number of hydrogen-bond donors (Lipinski definition) is 3. The lowest BCUT2D eigenvalue weighted by molar-refractivity contribution is 0.0755. The number of nitrogens with one attached hydrogen (secondary N) is 1. The van der Waals surface area contributed by atoms with Gasteiger partial charge in [-0.05, 0) is 12.1 Å². The second-order valence-corrected chi connectivity index (χ2v) is 6.08. The normalized spacial score (nSPS) is 22.0. The molecule has 0 saturated heterocycles. The van der Waals surface area contributed by atoms with Crippen molar-refractivity contribution >= 4 is 22.9 Å². The lowest BCUT2D eigenvalue weighted by atomic mass is 10.1. The van der Waals surface area contributed by atoms with Gasteiger partial charge in [0.25, 0.3) is 5.91 Å². The minimum absolute atomic E-state index is 0.131. The van der Waals surface area contributed by atoms with Crippen LogP contribution >= 0.6 is 0 Å². The molecule has 3 N–H and O–H groups in total. The average molecular weight is 351 g/mol. The van der Waals surface area contributed by atoms with Gasteiger partial charge in [0.1, 0.15) is 6.33 Å². The van der Waals surface area contributed by atoms with Crippen LogP contribution in [-0.2, 0) is 0 Å². The van der Waals surface area contributed by atoms with Gasteiger partial charge in [0.15, 0.2) is 17.0 Å². The molecule has 1 aliphatic carbocycles. The van der Waals surface area contributed by atoms with E-state index in [1.54, 1.807) is 41.2 Å². The number of amides is 1. The highest BCUT2D eigenvalue weighted by Gasteiger charge is 2.32. The Morgan fingerprint density at radius 1 is 1.15 bits per heavy atom. The average Bonchev–Trinajstić information content (AvgIpc) is 3.26. The second kappa shape index (κ2) is 6.66. The molecule has 2 aromatic heterocycles. The summed E-state index contributed by atoms with van der Waals surface area (Å²) >= 11 is 0. The van der Waals surface area contributed by atoms with Crippen molar-refractivity contribution in [3.05, 3.63) is 60.7 Å². The first-order chi connectivity index (χ1) is 12.7. The van der Waals surface area contributed by atoms with Crippen LogP contribution in [0.15, 0.2) is 55.1 Å². The van der Waals surface area contributed by atoms with Gasteiger partial charge in [-0.1, -0.05) is 30.4 Å². The van der Waals surface area contributed by atoms with Crippen LogP contribution in [0.25, 0.3) is 11.2 Å². The fraction of sp³-hybridized carbons (Fsp3) is 0.222. The minimum Gasteiger partial charge on any atom is -0.396 e. The number of imidazole rings is 1. The number of carbonyl (C=O) groups is 1. The largest absolute Gasteiger partial charge is 0.396 e. The highest BCUT2D eigenvalue weighted by molar-refractivity contribution is 6.06. The summed E-state index contributed by atoms with van der Waals surface area (Å²) < 4.78 is 1.71. The van der Waals surface area contributed by atoms with Crippen molar-refractivity contribution < 1.29 is 15.0 Å². The summed E-state index contributed by atoms with van der Waals surface area (Å²) in [4.78, 5) is 25.0. The molecule has 3 aromatic rings. The maximum Gasteiger partial charge on any atom is 0.256 e. The molecular weight excluding hydrogens is 334 g/mol. The van der Waals surface area contributed by atoms with Crippen LogP contribution < -0.4 is 5.32 Å². The van der Waals surface area contributed by atoms with Crippen LogP contribution in [0.4, 0.5) is 5.82 Å². The summed E-state index contributed by atoms with van der Waals surface area (Å²) in [6.45, 7) is -0.131. The molecule has 8 heteroatoms. The van der Waals surface area contributed by atoms with Gasteiger partial charge in [0.05, 0.1) is 25.1 Å². The molecule has 1 aliphatic rings. The van der Waals surface area contributed by atoms with Crippen LogP contribution in [-0.4, -0.2) is 48.4 Å². The summed E-state index contributed by atoms with van der Waals surface area (Å²) in [6.07, 6.45) is 5.72. The Labute approximate surface area is 148 Å². The van der Waals surface area contributed by atoms with Gasteiger partial charge >= 0.3 is 0 Å². The predicted molar refractivity (Wildman–Crippen MR) is 94.5 cm³/mol. The fourth-order valence-electron chi connectivity index (χ4n) is 3.09. The van der Waals surface area contributed by atoms with Crippen molar-refractivity contribution in [3.63, 3.8) is 0 Å². The number of rotatable bonds is 4. The van der Waals surface area contributed by atoms with Crippen molar-refractivity contribution in [2.45, 2.75) is 12.1 Å².